The fraction of sp³-hybridized carbons (Fsp3) is 0.905. The second-order valence-electron chi connectivity index (χ2n) is 9.72. The summed E-state index contributed by atoms with van der Waals surface area (Å²) in [5, 5.41) is 21.9. The normalized spacial score (nSPS) is 52.0. The molecule has 9 atom stereocenters. The molecule has 4 rings (SSSR count). The summed E-state index contributed by atoms with van der Waals surface area (Å²) in [7, 11) is 0. The minimum absolute atomic E-state index is 0.0789. The fourth-order valence-corrected chi connectivity index (χ4v) is 9.27. The first-order valence-corrected chi connectivity index (χ1v) is 12.2. The lowest BCUT2D eigenvalue weighted by Gasteiger charge is -2.61. The van der Waals surface area contributed by atoms with E-state index in [2.05, 4.69) is 22.9 Å². The molecular formula is C21H31BrO4S. The van der Waals surface area contributed by atoms with Gasteiger partial charge < -0.3 is 10.2 Å². The van der Waals surface area contributed by atoms with Gasteiger partial charge in [-0.05, 0) is 74.0 Å². The quantitative estimate of drug-likeness (QED) is 0.618. The summed E-state index contributed by atoms with van der Waals surface area (Å²) in [6, 6.07) is 0. The van der Waals surface area contributed by atoms with Crippen molar-refractivity contribution in [1.29, 1.82) is 0 Å². The SMILES string of the molecule is CC(=O)S[C@H]1CC[C@@]2(C)C(CC(O)C3C4C[C@@H](Br)C(=O)[C@@]4(CO)CCC32)C1. The maximum Gasteiger partial charge on any atom is 0.186 e. The number of hydrogen-bond donors (Lipinski definition) is 2. The van der Waals surface area contributed by atoms with E-state index < -0.39 is 11.5 Å². The Morgan fingerprint density at radius 3 is 2.63 bits per heavy atom. The van der Waals surface area contributed by atoms with Crippen molar-refractivity contribution in [2.75, 3.05) is 6.61 Å². The van der Waals surface area contributed by atoms with Gasteiger partial charge in [0.1, 0.15) is 0 Å². The van der Waals surface area contributed by atoms with E-state index in [1.807, 2.05) is 0 Å². The molecule has 0 saturated heterocycles. The number of aliphatic hydroxyl groups is 2. The Kier molecular flexibility index (Phi) is 5.36. The van der Waals surface area contributed by atoms with E-state index in [-0.39, 0.29) is 39.6 Å². The van der Waals surface area contributed by atoms with Crippen LogP contribution in [0.25, 0.3) is 0 Å². The summed E-state index contributed by atoms with van der Waals surface area (Å²) in [6.45, 7) is 3.95. The summed E-state index contributed by atoms with van der Waals surface area (Å²) in [6.07, 6.45) is 5.94. The van der Waals surface area contributed by atoms with Crippen LogP contribution in [-0.2, 0) is 9.59 Å². The number of carbonyl (C=O) groups excluding carboxylic acids is 2. The molecule has 0 amide bonds. The topological polar surface area (TPSA) is 74.6 Å². The maximum atomic E-state index is 12.9. The van der Waals surface area contributed by atoms with Gasteiger partial charge in [-0.2, -0.15) is 0 Å². The molecule has 4 nitrogen and oxygen atoms in total. The zero-order chi connectivity index (χ0) is 19.6. The largest absolute Gasteiger partial charge is 0.395 e. The Morgan fingerprint density at radius 2 is 1.96 bits per heavy atom. The maximum absolute atomic E-state index is 12.9. The minimum atomic E-state index is -0.652. The van der Waals surface area contributed by atoms with Crippen molar-refractivity contribution in [3.05, 3.63) is 0 Å². The van der Waals surface area contributed by atoms with E-state index >= 15 is 0 Å². The van der Waals surface area contributed by atoms with E-state index in [0.717, 1.165) is 44.9 Å². The molecule has 0 radical (unpaired) electrons. The van der Waals surface area contributed by atoms with Gasteiger partial charge in [0.2, 0.25) is 0 Å². The average molecular weight is 459 g/mol. The number of fused-ring (bicyclic) bond motifs is 5. The standard InChI is InChI=1S/C21H31BrO4S/c1-11(24)27-13-3-5-20(2)12(7-13)8-17(25)18-14(20)4-6-21(10-23)15(18)9-16(22)19(21)26/h12-18,23,25H,3-10H2,1-2H3/t12?,13-,14?,15?,16+,17?,18?,20-,21+/m0/s1. The molecule has 0 bridgehead atoms. The van der Waals surface area contributed by atoms with Gasteiger partial charge in [-0.1, -0.05) is 34.6 Å². The zero-order valence-corrected chi connectivity index (χ0v) is 18.6. The summed E-state index contributed by atoms with van der Waals surface area (Å²) < 4.78 is 0. The van der Waals surface area contributed by atoms with Crippen LogP contribution in [0.2, 0.25) is 0 Å². The zero-order valence-electron chi connectivity index (χ0n) is 16.2. The minimum Gasteiger partial charge on any atom is -0.395 e. The number of hydrogen-bond acceptors (Lipinski definition) is 5. The first-order valence-electron chi connectivity index (χ1n) is 10.4. The van der Waals surface area contributed by atoms with Crippen LogP contribution < -0.4 is 0 Å². The molecule has 5 unspecified atom stereocenters. The molecular weight excluding hydrogens is 428 g/mol. The number of thioether (sulfide) groups is 1. The van der Waals surface area contributed by atoms with Gasteiger partial charge in [0.15, 0.2) is 10.9 Å². The molecule has 0 aromatic carbocycles. The van der Waals surface area contributed by atoms with E-state index in [1.54, 1.807) is 6.92 Å². The third kappa shape index (κ3) is 3.00. The number of ketones is 1. The van der Waals surface area contributed by atoms with Crippen molar-refractivity contribution in [3.8, 4) is 0 Å². The second kappa shape index (κ2) is 7.10. The van der Waals surface area contributed by atoms with Crippen LogP contribution in [0.4, 0.5) is 0 Å². The van der Waals surface area contributed by atoms with Crippen molar-refractivity contribution in [1.82, 2.24) is 0 Å². The van der Waals surface area contributed by atoms with Crippen molar-refractivity contribution < 1.29 is 19.8 Å². The van der Waals surface area contributed by atoms with Crippen LogP contribution >= 0.6 is 27.7 Å². The number of Topliss-reactive ketones (excluding diaryl/α,β-unsaturated/α-hetero) is 1. The number of rotatable bonds is 2. The Morgan fingerprint density at radius 1 is 1.22 bits per heavy atom. The molecule has 0 aromatic heterocycles. The van der Waals surface area contributed by atoms with Crippen molar-refractivity contribution >= 4 is 38.6 Å². The number of carbonyl (C=O) groups is 2. The van der Waals surface area contributed by atoms with Crippen LogP contribution in [0.3, 0.4) is 0 Å². The van der Waals surface area contributed by atoms with Gasteiger partial charge in [0.25, 0.3) is 0 Å². The highest BCUT2D eigenvalue weighted by Gasteiger charge is 2.65. The predicted molar refractivity (Wildman–Crippen MR) is 110 cm³/mol. The molecule has 152 valence electrons. The lowest BCUT2D eigenvalue weighted by molar-refractivity contribution is -0.171. The van der Waals surface area contributed by atoms with E-state index in [9.17, 15) is 19.8 Å². The summed E-state index contributed by atoms with van der Waals surface area (Å²) in [5.41, 5.74) is -0.478. The Balaban J connectivity index is 1.62. The molecule has 4 fully saturated rings. The van der Waals surface area contributed by atoms with Crippen LogP contribution in [0, 0.1) is 34.5 Å². The van der Waals surface area contributed by atoms with E-state index in [0.29, 0.717) is 17.1 Å². The molecule has 4 aliphatic rings. The van der Waals surface area contributed by atoms with Crippen LogP contribution in [0.15, 0.2) is 0 Å². The van der Waals surface area contributed by atoms with E-state index in [4.69, 9.17) is 0 Å². The van der Waals surface area contributed by atoms with Crippen molar-refractivity contribution in [2.24, 2.45) is 34.5 Å². The van der Waals surface area contributed by atoms with Crippen molar-refractivity contribution in [3.63, 3.8) is 0 Å². The monoisotopic (exact) mass is 458 g/mol. The van der Waals surface area contributed by atoms with E-state index in [1.165, 1.54) is 11.8 Å². The predicted octanol–water partition coefficient (Wildman–Crippen LogP) is 3.56. The van der Waals surface area contributed by atoms with Gasteiger partial charge in [0, 0.05) is 12.2 Å². The summed E-state index contributed by atoms with van der Waals surface area (Å²) >= 11 is 5.02. The first-order chi connectivity index (χ1) is 12.7. The molecule has 4 aliphatic carbocycles. The van der Waals surface area contributed by atoms with Gasteiger partial charge in [0.05, 0.1) is 23.0 Å². The van der Waals surface area contributed by atoms with Gasteiger partial charge in [-0.25, -0.2) is 0 Å². The van der Waals surface area contributed by atoms with Gasteiger partial charge in [-0.15, -0.1) is 0 Å². The number of halogens is 1. The summed E-state index contributed by atoms with van der Waals surface area (Å²) in [5.74, 6) is 1.18. The third-order valence-corrected chi connectivity index (χ3v) is 10.6. The van der Waals surface area contributed by atoms with Crippen LogP contribution in [0.5, 0.6) is 0 Å². The van der Waals surface area contributed by atoms with Gasteiger partial charge >= 0.3 is 0 Å². The summed E-state index contributed by atoms with van der Waals surface area (Å²) in [4.78, 5) is 24.2. The molecule has 0 spiro atoms. The lowest BCUT2D eigenvalue weighted by Crippen LogP contribution is -2.59. The molecule has 4 saturated carbocycles. The van der Waals surface area contributed by atoms with Crippen LogP contribution in [0.1, 0.15) is 58.8 Å². The molecule has 0 aliphatic heterocycles. The Hall–Kier alpha value is 0.0900. The first kappa shape index (κ1) is 20.4. The average Bonchev–Trinajstić information content (AvgIpc) is 2.87. The third-order valence-electron chi connectivity index (χ3n) is 8.69. The molecule has 0 heterocycles. The highest BCUT2D eigenvalue weighted by molar-refractivity contribution is 9.10. The Labute approximate surface area is 174 Å². The molecule has 2 N–H and O–H groups in total. The molecule has 0 aromatic rings. The van der Waals surface area contributed by atoms with Crippen LogP contribution in [-0.4, -0.2) is 43.9 Å². The molecule has 27 heavy (non-hydrogen) atoms. The highest BCUT2D eigenvalue weighted by atomic mass is 79.9. The number of aliphatic hydroxyl groups excluding tert-OH is 2. The fourth-order valence-electron chi connectivity index (χ4n) is 7.37. The number of alkyl halides is 1. The van der Waals surface area contributed by atoms with Gasteiger partial charge in [-0.3, -0.25) is 9.59 Å². The lowest BCUT2D eigenvalue weighted by atomic mass is 9.44. The highest BCUT2D eigenvalue weighted by Crippen LogP contribution is 2.66. The second-order valence-corrected chi connectivity index (χ2v) is 12.3. The smallest absolute Gasteiger partial charge is 0.186 e. The van der Waals surface area contributed by atoms with Crippen molar-refractivity contribution in [2.45, 2.75) is 75.0 Å². The molecule has 6 heteroatoms. The Bertz CT molecular complexity index is 642.